The van der Waals surface area contributed by atoms with Gasteiger partial charge in [-0.2, -0.15) is 13.2 Å². The molecule has 4 N–H and O–H groups in total. The predicted octanol–water partition coefficient (Wildman–Crippen LogP) is 0.0422. The van der Waals surface area contributed by atoms with E-state index < -0.39 is 48.1 Å². The van der Waals surface area contributed by atoms with Gasteiger partial charge in [0.1, 0.15) is 24.1 Å². The summed E-state index contributed by atoms with van der Waals surface area (Å²) < 4.78 is 43.0. The molecule has 1 fully saturated rings. The third kappa shape index (κ3) is 3.76. The maximum absolute atomic E-state index is 12.6. The number of rotatable bonds is 3. The van der Waals surface area contributed by atoms with Crippen LogP contribution in [0.1, 0.15) is 5.69 Å². The van der Waals surface area contributed by atoms with Crippen LogP contribution in [0, 0.1) is 0 Å². The third-order valence-electron chi connectivity index (χ3n) is 3.14. The minimum absolute atomic E-state index is 0.146. The van der Waals surface area contributed by atoms with Gasteiger partial charge in [0.2, 0.25) is 5.28 Å². The summed E-state index contributed by atoms with van der Waals surface area (Å²) in [5.41, 5.74) is -1.24. The van der Waals surface area contributed by atoms with Gasteiger partial charge in [-0.3, -0.25) is 0 Å². The lowest BCUT2D eigenvalue weighted by atomic mass is 9.98. The molecule has 124 valence electrons. The smallest absolute Gasteiger partial charge is 0.394 e. The number of aliphatic hydroxyl groups is 3. The quantitative estimate of drug-likeness (QED) is 0.574. The molecule has 0 bridgehead atoms. The van der Waals surface area contributed by atoms with Gasteiger partial charge in [0, 0.05) is 6.07 Å². The van der Waals surface area contributed by atoms with Crippen LogP contribution in [0.5, 0.6) is 0 Å². The number of ether oxygens (including phenoxy) is 1. The van der Waals surface area contributed by atoms with Crippen molar-refractivity contribution in [3.63, 3.8) is 0 Å². The van der Waals surface area contributed by atoms with E-state index in [1.165, 1.54) is 0 Å². The molecule has 0 amide bonds. The van der Waals surface area contributed by atoms with E-state index in [2.05, 4.69) is 15.3 Å². The molecule has 1 aliphatic heterocycles. The number of hydrogen-bond acceptors (Lipinski definition) is 7. The number of alkyl halides is 3. The molecule has 1 aliphatic rings. The lowest BCUT2D eigenvalue weighted by Gasteiger charge is -2.37. The first kappa shape index (κ1) is 17.2. The van der Waals surface area contributed by atoms with Crippen molar-refractivity contribution in [2.24, 2.45) is 0 Å². The Bertz CT molecular complexity index is 534. The average Bonchev–Trinajstić information content (AvgIpc) is 2.43. The number of aliphatic hydroxyl groups excluding tert-OH is 3. The molecule has 3 unspecified atom stereocenters. The van der Waals surface area contributed by atoms with Gasteiger partial charge in [0.25, 0.3) is 0 Å². The number of nitrogens with one attached hydrogen (secondary N) is 1. The molecular weight excluding hydrogens is 331 g/mol. The summed E-state index contributed by atoms with van der Waals surface area (Å²) in [6.07, 6.45) is -8.43. The van der Waals surface area contributed by atoms with Crippen molar-refractivity contribution in [3.05, 3.63) is 17.0 Å². The molecule has 0 radical (unpaired) electrons. The molecule has 0 saturated carbocycles. The number of halogens is 4. The lowest BCUT2D eigenvalue weighted by Crippen LogP contribution is -2.56. The van der Waals surface area contributed by atoms with Crippen molar-refractivity contribution in [1.82, 2.24) is 9.97 Å². The van der Waals surface area contributed by atoms with Gasteiger partial charge in [-0.25, -0.2) is 9.97 Å². The highest BCUT2D eigenvalue weighted by Crippen LogP contribution is 2.30. The van der Waals surface area contributed by atoms with Crippen molar-refractivity contribution in [1.29, 1.82) is 0 Å². The molecule has 2 heterocycles. The van der Waals surface area contributed by atoms with Crippen molar-refractivity contribution in [3.8, 4) is 0 Å². The van der Waals surface area contributed by atoms with Gasteiger partial charge in [0.15, 0.2) is 5.69 Å². The van der Waals surface area contributed by atoms with Crippen LogP contribution in [0.15, 0.2) is 6.07 Å². The average molecular weight is 344 g/mol. The molecule has 22 heavy (non-hydrogen) atoms. The zero-order chi connectivity index (χ0) is 16.5. The molecule has 1 aromatic rings. The van der Waals surface area contributed by atoms with Gasteiger partial charge >= 0.3 is 6.18 Å². The van der Waals surface area contributed by atoms with E-state index in [0.29, 0.717) is 6.07 Å². The fourth-order valence-corrected chi connectivity index (χ4v) is 2.18. The minimum atomic E-state index is -4.70. The number of nitrogens with zero attached hydrogens (tertiary/aromatic N) is 2. The molecule has 0 spiro atoms. The first-order valence-corrected chi connectivity index (χ1v) is 6.57. The van der Waals surface area contributed by atoms with Crippen LogP contribution in [-0.2, 0) is 10.9 Å². The Morgan fingerprint density at radius 3 is 2.59 bits per heavy atom. The molecule has 11 heteroatoms. The molecule has 7 nitrogen and oxygen atoms in total. The van der Waals surface area contributed by atoms with Gasteiger partial charge < -0.3 is 25.4 Å². The summed E-state index contributed by atoms with van der Waals surface area (Å²) >= 11 is 5.45. The zero-order valence-electron chi connectivity index (χ0n) is 11.0. The zero-order valence-corrected chi connectivity index (χ0v) is 11.7. The van der Waals surface area contributed by atoms with E-state index in [9.17, 15) is 23.4 Å². The third-order valence-corrected chi connectivity index (χ3v) is 3.30. The Labute approximate surface area is 127 Å². The molecule has 4 atom stereocenters. The predicted molar refractivity (Wildman–Crippen MR) is 68.3 cm³/mol. The maximum Gasteiger partial charge on any atom is 0.433 e. The van der Waals surface area contributed by atoms with Crippen LogP contribution in [0.4, 0.5) is 19.0 Å². The van der Waals surface area contributed by atoms with E-state index >= 15 is 0 Å². The van der Waals surface area contributed by atoms with E-state index in [0.717, 1.165) is 0 Å². The van der Waals surface area contributed by atoms with Crippen molar-refractivity contribution in [2.75, 3.05) is 18.5 Å². The van der Waals surface area contributed by atoms with Crippen LogP contribution in [0.2, 0.25) is 5.28 Å². The number of aromatic nitrogens is 2. The fourth-order valence-electron chi connectivity index (χ4n) is 2.00. The van der Waals surface area contributed by atoms with Crippen LogP contribution in [-0.4, -0.2) is 62.9 Å². The highest BCUT2D eigenvalue weighted by Gasteiger charge is 2.39. The lowest BCUT2D eigenvalue weighted by molar-refractivity contribution is -0.152. The summed E-state index contributed by atoms with van der Waals surface area (Å²) in [5.74, 6) is -0.269. The van der Waals surface area contributed by atoms with Crippen LogP contribution >= 0.6 is 11.6 Å². The van der Waals surface area contributed by atoms with E-state index in [-0.39, 0.29) is 12.4 Å². The normalized spacial score (nSPS) is 29.4. The molecule has 1 aromatic heterocycles. The monoisotopic (exact) mass is 343 g/mol. The Balaban J connectivity index is 2.16. The molecular formula is C11H13ClF3N3O4. The van der Waals surface area contributed by atoms with Crippen LogP contribution in [0.25, 0.3) is 0 Å². The molecule has 2 rings (SSSR count). The van der Waals surface area contributed by atoms with Gasteiger partial charge in [0.05, 0.1) is 19.3 Å². The Morgan fingerprint density at radius 1 is 1.32 bits per heavy atom. The van der Waals surface area contributed by atoms with E-state index in [1.54, 1.807) is 0 Å². The molecule has 1 saturated heterocycles. The second-order valence-electron chi connectivity index (χ2n) is 4.69. The highest BCUT2D eigenvalue weighted by atomic mass is 35.5. The Kier molecular flexibility index (Phi) is 5.07. The summed E-state index contributed by atoms with van der Waals surface area (Å²) in [6.45, 7) is -0.644. The standard InChI is InChI=1S/C11H13ClF3N3O4/c12-10-17-6(11(13,14)15)1-7(18-10)16-4-3-22-5(2-19)9(21)8(4)20/h1,4-5,8-9,19-21H,2-3H2,(H,16,17,18)/t4?,5-,8?,9?/m0/s1. The van der Waals surface area contributed by atoms with Gasteiger partial charge in [-0.1, -0.05) is 0 Å². The van der Waals surface area contributed by atoms with Crippen LogP contribution in [0.3, 0.4) is 0 Å². The first-order chi connectivity index (χ1) is 10.2. The Morgan fingerprint density at radius 2 is 2.00 bits per heavy atom. The Hall–Kier alpha value is -1.20. The van der Waals surface area contributed by atoms with Crippen molar-refractivity contribution >= 4 is 17.4 Å². The number of hydrogen-bond donors (Lipinski definition) is 4. The second kappa shape index (κ2) is 6.50. The highest BCUT2D eigenvalue weighted by molar-refractivity contribution is 6.28. The fraction of sp³-hybridized carbons (Fsp3) is 0.636. The largest absolute Gasteiger partial charge is 0.433 e. The summed E-state index contributed by atoms with van der Waals surface area (Å²) in [5, 5.41) is 30.4. The van der Waals surface area contributed by atoms with Crippen molar-refractivity contribution < 1.29 is 33.2 Å². The molecule has 0 aliphatic carbocycles. The van der Waals surface area contributed by atoms with Crippen LogP contribution < -0.4 is 5.32 Å². The number of anilines is 1. The summed E-state index contributed by atoms with van der Waals surface area (Å²) in [7, 11) is 0. The summed E-state index contributed by atoms with van der Waals surface area (Å²) in [6, 6.07) is -0.298. The van der Waals surface area contributed by atoms with Crippen molar-refractivity contribution in [2.45, 2.75) is 30.5 Å². The van der Waals surface area contributed by atoms with Gasteiger partial charge in [-0.05, 0) is 11.6 Å². The van der Waals surface area contributed by atoms with E-state index in [1.807, 2.05) is 0 Å². The first-order valence-electron chi connectivity index (χ1n) is 6.19. The minimum Gasteiger partial charge on any atom is -0.394 e. The maximum atomic E-state index is 12.6. The summed E-state index contributed by atoms with van der Waals surface area (Å²) in [4.78, 5) is 6.66. The SMILES string of the molecule is OC[C@@H]1OCC(Nc2cc(C(F)(F)F)nc(Cl)n2)C(O)C1O. The second-order valence-corrected chi connectivity index (χ2v) is 5.03. The molecule has 0 aromatic carbocycles. The topological polar surface area (TPSA) is 108 Å². The van der Waals surface area contributed by atoms with Gasteiger partial charge in [-0.15, -0.1) is 0 Å². The van der Waals surface area contributed by atoms with E-state index in [4.69, 9.17) is 21.4 Å².